The molecule has 1 saturated carbocycles. The van der Waals surface area contributed by atoms with E-state index in [1.54, 1.807) is 0 Å². The Labute approximate surface area is 66.8 Å². The first-order valence-electron chi connectivity index (χ1n) is 4.23. The SMILES string of the molecule is CNCC(=O)N1CC2CC2C1. The standard InChI is InChI=1S/C8H14N2O/c1-9-3-8(11)10-4-6-2-7(6)5-10/h6-7,9H,2-5H2,1H3. The minimum Gasteiger partial charge on any atom is -0.341 e. The number of carbonyl (C=O) groups is 1. The molecule has 0 aromatic carbocycles. The summed E-state index contributed by atoms with van der Waals surface area (Å²) in [6.45, 7) is 2.54. The molecule has 2 rings (SSSR count). The van der Waals surface area contributed by atoms with Gasteiger partial charge in [-0.1, -0.05) is 0 Å². The van der Waals surface area contributed by atoms with Crippen LogP contribution in [0.1, 0.15) is 6.42 Å². The molecule has 0 aromatic heterocycles. The molecule has 1 amide bonds. The molecule has 2 fully saturated rings. The number of likely N-dealkylation sites (tertiary alicyclic amines) is 1. The van der Waals surface area contributed by atoms with Crippen molar-refractivity contribution in [2.75, 3.05) is 26.7 Å². The smallest absolute Gasteiger partial charge is 0.236 e. The molecule has 3 nitrogen and oxygen atoms in total. The maximum atomic E-state index is 11.3. The van der Waals surface area contributed by atoms with Crippen molar-refractivity contribution in [3.05, 3.63) is 0 Å². The minimum atomic E-state index is 0.264. The zero-order valence-electron chi connectivity index (χ0n) is 6.84. The number of fused-ring (bicyclic) bond motifs is 1. The summed E-state index contributed by atoms with van der Waals surface area (Å²) in [6, 6.07) is 0. The molecule has 0 aromatic rings. The van der Waals surface area contributed by atoms with Crippen LogP contribution in [0.2, 0.25) is 0 Å². The molecule has 1 N–H and O–H groups in total. The van der Waals surface area contributed by atoms with Crippen molar-refractivity contribution in [2.45, 2.75) is 6.42 Å². The predicted molar refractivity (Wildman–Crippen MR) is 42.1 cm³/mol. The van der Waals surface area contributed by atoms with Crippen LogP contribution < -0.4 is 5.32 Å². The van der Waals surface area contributed by atoms with Crippen molar-refractivity contribution in [2.24, 2.45) is 11.8 Å². The fourth-order valence-electron chi connectivity index (χ4n) is 1.86. The third kappa shape index (κ3) is 1.25. The van der Waals surface area contributed by atoms with Crippen LogP contribution in [-0.4, -0.2) is 37.5 Å². The summed E-state index contributed by atoms with van der Waals surface area (Å²) in [5.74, 6) is 1.98. The van der Waals surface area contributed by atoms with Crippen molar-refractivity contribution in [1.82, 2.24) is 10.2 Å². The van der Waals surface area contributed by atoms with Crippen LogP contribution in [0.3, 0.4) is 0 Å². The van der Waals surface area contributed by atoms with Crippen molar-refractivity contribution in [3.8, 4) is 0 Å². The van der Waals surface area contributed by atoms with E-state index >= 15 is 0 Å². The zero-order valence-corrected chi connectivity index (χ0v) is 6.84. The molecular formula is C8H14N2O. The maximum absolute atomic E-state index is 11.3. The van der Waals surface area contributed by atoms with Crippen LogP contribution in [0.15, 0.2) is 0 Å². The average Bonchev–Trinajstić information content (AvgIpc) is 2.59. The Kier molecular flexibility index (Phi) is 1.60. The normalized spacial score (nSPS) is 33.7. The first kappa shape index (κ1) is 7.10. The number of rotatable bonds is 2. The number of hydrogen-bond acceptors (Lipinski definition) is 2. The van der Waals surface area contributed by atoms with E-state index in [0.29, 0.717) is 6.54 Å². The summed E-state index contributed by atoms with van der Waals surface area (Å²) in [6.07, 6.45) is 1.36. The van der Waals surface area contributed by atoms with Gasteiger partial charge in [0.1, 0.15) is 0 Å². The highest BCUT2D eigenvalue weighted by Crippen LogP contribution is 2.44. The second kappa shape index (κ2) is 2.48. The first-order valence-corrected chi connectivity index (χ1v) is 4.23. The van der Waals surface area contributed by atoms with Crippen molar-refractivity contribution in [3.63, 3.8) is 0 Å². The highest BCUT2D eigenvalue weighted by atomic mass is 16.2. The molecule has 1 aliphatic heterocycles. The Morgan fingerprint density at radius 3 is 2.73 bits per heavy atom. The molecule has 1 saturated heterocycles. The molecule has 2 unspecified atom stereocenters. The summed E-state index contributed by atoms with van der Waals surface area (Å²) >= 11 is 0. The second-order valence-corrected chi connectivity index (χ2v) is 3.58. The monoisotopic (exact) mass is 154 g/mol. The molecule has 2 aliphatic rings. The lowest BCUT2D eigenvalue weighted by Gasteiger charge is -2.17. The zero-order chi connectivity index (χ0) is 7.84. The van der Waals surface area contributed by atoms with Crippen molar-refractivity contribution >= 4 is 5.91 Å². The lowest BCUT2D eigenvalue weighted by Crippen LogP contribution is -2.36. The number of nitrogens with one attached hydrogen (secondary N) is 1. The fraction of sp³-hybridized carbons (Fsp3) is 0.875. The van der Waals surface area contributed by atoms with Gasteiger partial charge in [0.05, 0.1) is 6.54 Å². The van der Waals surface area contributed by atoms with Gasteiger partial charge in [-0.3, -0.25) is 4.79 Å². The lowest BCUT2D eigenvalue weighted by atomic mass is 10.4. The molecule has 0 spiro atoms. The molecule has 62 valence electrons. The second-order valence-electron chi connectivity index (χ2n) is 3.58. The van der Waals surface area contributed by atoms with Gasteiger partial charge in [0.15, 0.2) is 0 Å². The number of nitrogens with zero attached hydrogens (tertiary/aromatic N) is 1. The third-order valence-corrected chi connectivity index (χ3v) is 2.66. The van der Waals surface area contributed by atoms with E-state index in [9.17, 15) is 4.79 Å². The van der Waals surface area contributed by atoms with Crippen LogP contribution in [0.25, 0.3) is 0 Å². The van der Waals surface area contributed by atoms with E-state index in [2.05, 4.69) is 5.32 Å². The largest absolute Gasteiger partial charge is 0.341 e. The number of carbonyl (C=O) groups excluding carboxylic acids is 1. The highest BCUT2D eigenvalue weighted by Gasteiger charge is 2.46. The minimum absolute atomic E-state index is 0.264. The van der Waals surface area contributed by atoms with Gasteiger partial charge in [-0.25, -0.2) is 0 Å². The summed E-state index contributed by atoms with van der Waals surface area (Å²) in [4.78, 5) is 13.3. The number of hydrogen-bond donors (Lipinski definition) is 1. The summed E-state index contributed by atoms with van der Waals surface area (Å²) in [5.41, 5.74) is 0. The molecule has 1 aliphatic carbocycles. The molecular weight excluding hydrogens is 140 g/mol. The van der Waals surface area contributed by atoms with Gasteiger partial charge in [-0.15, -0.1) is 0 Å². The van der Waals surface area contributed by atoms with E-state index in [4.69, 9.17) is 0 Å². The van der Waals surface area contributed by atoms with E-state index in [0.717, 1.165) is 24.9 Å². The molecule has 0 radical (unpaired) electrons. The van der Waals surface area contributed by atoms with E-state index in [1.807, 2.05) is 11.9 Å². The number of likely N-dealkylation sites (N-methyl/N-ethyl adjacent to an activating group) is 1. The van der Waals surface area contributed by atoms with Gasteiger partial charge in [0.25, 0.3) is 0 Å². The van der Waals surface area contributed by atoms with Gasteiger partial charge in [0.2, 0.25) is 5.91 Å². The van der Waals surface area contributed by atoms with Crippen molar-refractivity contribution < 1.29 is 4.79 Å². The molecule has 2 atom stereocenters. The van der Waals surface area contributed by atoms with Gasteiger partial charge in [0, 0.05) is 13.1 Å². The van der Waals surface area contributed by atoms with E-state index in [1.165, 1.54) is 6.42 Å². The average molecular weight is 154 g/mol. The Balaban J connectivity index is 1.82. The summed E-state index contributed by atoms with van der Waals surface area (Å²) < 4.78 is 0. The van der Waals surface area contributed by atoms with Crippen LogP contribution >= 0.6 is 0 Å². The molecule has 3 heteroatoms. The van der Waals surface area contributed by atoms with Gasteiger partial charge >= 0.3 is 0 Å². The fourth-order valence-corrected chi connectivity index (χ4v) is 1.86. The van der Waals surface area contributed by atoms with Crippen LogP contribution in [0.5, 0.6) is 0 Å². The summed E-state index contributed by atoms with van der Waals surface area (Å²) in [5, 5.41) is 2.88. The van der Waals surface area contributed by atoms with Crippen molar-refractivity contribution in [1.29, 1.82) is 0 Å². The molecule has 11 heavy (non-hydrogen) atoms. The number of piperidine rings is 1. The highest BCUT2D eigenvalue weighted by molar-refractivity contribution is 5.78. The van der Waals surface area contributed by atoms with Gasteiger partial charge in [-0.05, 0) is 25.3 Å². The lowest BCUT2D eigenvalue weighted by molar-refractivity contribution is -0.129. The Morgan fingerprint density at radius 2 is 2.18 bits per heavy atom. The maximum Gasteiger partial charge on any atom is 0.236 e. The van der Waals surface area contributed by atoms with Gasteiger partial charge in [-0.2, -0.15) is 0 Å². The quantitative estimate of drug-likeness (QED) is 0.591. The van der Waals surface area contributed by atoms with E-state index in [-0.39, 0.29) is 5.91 Å². The number of amides is 1. The Morgan fingerprint density at radius 1 is 1.55 bits per heavy atom. The van der Waals surface area contributed by atoms with Gasteiger partial charge < -0.3 is 10.2 Å². The topological polar surface area (TPSA) is 32.3 Å². The van der Waals surface area contributed by atoms with Crippen LogP contribution in [0, 0.1) is 11.8 Å². The molecule has 1 heterocycles. The van der Waals surface area contributed by atoms with E-state index < -0.39 is 0 Å². The Hall–Kier alpha value is -0.570. The third-order valence-electron chi connectivity index (χ3n) is 2.66. The Bertz CT molecular complexity index is 171. The van der Waals surface area contributed by atoms with Crippen LogP contribution in [0.4, 0.5) is 0 Å². The first-order chi connectivity index (χ1) is 5.31. The predicted octanol–water partition coefficient (Wildman–Crippen LogP) is -0.316. The van der Waals surface area contributed by atoms with Crippen LogP contribution in [-0.2, 0) is 4.79 Å². The molecule has 0 bridgehead atoms. The summed E-state index contributed by atoms with van der Waals surface area (Å²) in [7, 11) is 1.81.